The number of halogens is 5. The van der Waals surface area contributed by atoms with Crippen molar-refractivity contribution in [1.29, 1.82) is 0 Å². The van der Waals surface area contributed by atoms with Gasteiger partial charge in [0.05, 0.1) is 36.8 Å². The average molecular weight is 678 g/mol. The van der Waals surface area contributed by atoms with E-state index in [2.05, 4.69) is 0 Å². The van der Waals surface area contributed by atoms with Crippen LogP contribution in [-0.4, -0.2) is 48.3 Å². The Bertz CT molecular complexity index is 1850. The fourth-order valence-electron chi connectivity index (χ4n) is 5.48. The van der Waals surface area contributed by atoms with Crippen LogP contribution in [0.15, 0.2) is 91.0 Å². The highest BCUT2D eigenvalue weighted by molar-refractivity contribution is 5.96. The first-order chi connectivity index (χ1) is 23.5. The molecule has 11 heteroatoms. The van der Waals surface area contributed by atoms with Crippen molar-refractivity contribution in [3.63, 3.8) is 0 Å². The van der Waals surface area contributed by atoms with E-state index in [9.17, 15) is 26.7 Å². The lowest BCUT2D eigenvalue weighted by molar-refractivity contribution is -0.137. The molecule has 0 radical (unpaired) electrons. The minimum absolute atomic E-state index is 0.0529. The summed E-state index contributed by atoms with van der Waals surface area (Å²) < 4.78 is 82.3. The van der Waals surface area contributed by atoms with Gasteiger partial charge in [-0.3, -0.25) is 4.79 Å². The van der Waals surface area contributed by atoms with E-state index in [1.54, 1.807) is 54.0 Å². The maximum atomic E-state index is 14.1. The van der Waals surface area contributed by atoms with Crippen LogP contribution in [0.5, 0.6) is 0 Å². The van der Waals surface area contributed by atoms with Crippen LogP contribution < -0.4 is 5.73 Å². The molecule has 0 amide bonds. The maximum absolute atomic E-state index is 14.1. The number of ketones is 1. The van der Waals surface area contributed by atoms with Crippen LogP contribution >= 0.6 is 0 Å². The molecule has 0 saturated heterocycles. The topological polar surface area (TPSA) is 79.4 Å². The van der Waals surface area contributed by atoms with E-state index < -0.39 is 23.4 Å². The lowest BCUT2D eigenvalue weighted by atomic mass is 10.0. The van der Waals surface area contributed by atoms with Crippen LogP contribution in [0.4, 0.5) is 22.0 Å². The first-order valence-electron chi connectivity index (χ1n) is 15.8. The Morgan fingerprint density at radius 2 is 1.39 bits per heavy atom. The van der Waals surface area contributed by atoms with E-state index >= 15 is 0 Å². The predicted molar refractivity (Wildman–Crippen MR) is 178 cm³/mol. The fraction of sp³-hybridized carbons (Fsp3) is 0.263. The molecule has 1 aromatic heterocycles. The van der Waals surface area contributed by atoms with E-state index in [-0.39, 0.29) is 23.7 Å². The Balaban J connectivity index is 1.50. The van der Waals surface area contributed by atoms with Crippen molar-refractivity contribution in [2.75, 3.05) is 33.0 Å². The number of nitrogens with two attached hydrogens (primary N) is 1. The number of imidazole rings is 1. The Morgan fingerprint density at radius 3 is 2.00 bits per heavy atom. The highest BCUT2D eigenvalue weighted by Gasteiger charge is 2.32. The van der Waals surface area contributed by atoms with E-state index in [0.29, 0.717) is 79.5 Å². The number of alkyl halides is 3. The van der Waals surface area contributed by atoms with Crippen molar-refractivity contribution in [2.24, 2.45) is 5.73 Å². The summed E-state index contributed by atoms with van der Waals surface area (Å²) >= 11 is 0. The lowest BCUT2D eigenvalue weighted by Crippen LogP contribution is -2.12. The smallest absolute Gasteiger partial charge is 0.379 e. The van der Waals surface area contributed by atoms with Gasteiger partial charge in [0.15, 0.2) is 5.78 Å². The van der Waals surface area contributed by atoms with Crippen LogP contribution in [-0.2, 0) is 22.2 Å². The van der Waals surface area contributed by atoms with Gasteiger partial charge in [0, 0.05) is 48.4 Å². The number of aromatic nitrogens is 2. The SMILES string of the molecule is Cc1cc(-c2nc(-c3ccc(F)cc3)c(-c3ccc(F)cc3)n2Cc2ccc(C(=O)CCCOCCOCCN)cc2)cc(C(F)(F)F)c1. The van der Waals surface area contributed by atoms with Crippen LogP contribution in [0.1, 0.15) is 39.9 Å². The molecule has 0 aliphatic heterocycles. The molecule has 0 aliphatic rings. The van der Waals surface area contributed by atoms with Crippen LogP contribution in [0.2, 0.25) is 0 Å². The second-order valence-corrected chi connectivity index (χ2v) is 11.6. The number of aryl methyl sites for hydroxylation is 1. The summed E-state index contributed by atoms with van der Waals surface area (Å²) in [7, 11) is 0. The van der Waals surface area contributed by atoms with E-state index in [1.165, 1.54) is 36.4 Å². The molecule has 0 spiro atoms. The Labute approximate surface area is 281 Å². The molecule has 0 unspecified atom stereocenters. The molecular weight excluding hydrogens is 641 g/mol. The molecule has 0 atom stereocenters. The van der Waals surface area contributed by atoms with E-state index in [4.69, 9.17) is 20.2 Å². The molecule has 2 N–H and O–H groups in total. The van der Waals surface area contributed by atoms with Gasteiger partial charge in [-0.1, -0.05) is 24.3 Å². The molecule has 49 heavy (non-hydrogen) atoms. The van der Waals surface area contributed by atoms with Gasteiger partial charge in [-0.05, 0) is 91.2 Å². The quantitative estimate of drug-likeness (QED) is 0.0683. The summed E-state index contributed by atoms with van der Waals surface area (Å²) in [6.45, 7) is 3.91. The number of benzene rings is 4. The number of ether oxygens (including phenoxy) is 2. The molecule has 0 bridgehead atoms. The van der Waals surface area contributed by atoms with Crippen molar-refractivity contribution < 1.29 is 36.2 Å². The Morgan fingerprint density at radius 1 is 0.776 bits per heavy atom. The average Bonchev–Trinajstić information content (AvgIpc) is 3.45. The standard InChI is InChI=1S/C38H36F5N3O3/c1-25-21-30(23-31(22-25)38(41,42)43)37-45-35(28-8-12-32(39)13-9-28)36(29-10-14-33(40)15-11-29)46(37)24-26-4-6-27(7-5-26)34(47)3-2-17-48-19-20-49-18-16-44/h4-15,21-23H,2-3,16-20,24,44H2,1H3. The zero-order valence-electron chi connectivity index (χ0n) is 26.9. The molecule has 256 valence electrons. The van der Waals surface area contributed by atoms with Crippen molar-refractivity contribution >= 4 is 5.78 Å². The van der Waals surface area contributed by atoms with Crippen LogP contribution in [0.25, 0.3) is 33.9 Å². The third kappa shape index (κ3) is 9.26. The molecule has 4 aromatic carbocycles. The summed E-state index contributed by atoms with van der Waals surface area (Å²) in [5, 5.41) is 0. The van der Waals surface area contributed by atoms with Gasteiger partial charge >= 0.3 is 6.18 Å². The van der Waals surface area contributed by atoms with Gasteiger partial charge < -0.3 is 19.8 Å². The zero-order chi connectivity index (χ0) is 35.0. The number of carbonyl (C=O) groups excluding carboxylic acids is 1. The summed E-state index contributed by atoms with van der Waals surface area (Å²) in [6.07, 6.45) is -3.76. The summed E-state index contributed by atoms with van der Waals surface area (Å²) in [5.41, 5.74) is 8.40. The second kappa shape index (κ2) is 16.1. The number of Topliss-reactive ketones (excluding diaryl/α,β-unsaturated/α-hetero) is 1. The van der Waals surface area contributed by atoms with E-state index in [1.807, 2.05) is 0 Å². The third-order valence-corrected chi connectivity index (χ3v) is 7.81. The number of rotatable bonds is 15. The minimum Gasteiger partial charge on any atom is -0.379 e. The van der Waals surface area contributed by atoms with E-state index in [0.717, 1.165) is 17.7 Å². The summed E-state index contributed by atoms with van der Waals surface area (Å²) in [5.74, 6) is -0.741. The van der Waals surface area contributed by atoms with Gasteiger partial charge in [0.1, 0.15) is 17.5 Å². The molecule has 0 saturated carbocycles. The van der Waals surface area contributed by atoms with Gasteiger partial charge in [-0.15, -0.1) is 0 Å². The van der Waals surface area contributed by atoms with Gasteiger partial charge in [-0.2, -0.15) is 13.2 Å². The highest BCUT2D eigenvalue weighted by Crippen LogP contribution is 2.39. The predicted octanol–water partition coefficient (Wildman–Crippen LogP) is 8.49. The molecular formula is C38H36F5N3O3. The normalized spacial score (nSPS) is 11.7. The van der Waals surface area contributed by atoms with Gasteiger partial charge in [0.2, 0.25) is 0 Å². The molecule has 6 nitrogen and oxygen atoms in total. The third-order valence-electron chi connectivity index (χ3n) is 7.81. The van der Waals surface area contributed by atoms with Crippen molar-refractivity contribution in [1.82, 2.24) is 9.55 Å². The highest BCUT2D eigenvalue weighted by atomic mass is 19.4. The molecule has 1 heterocycles. The molecule has 0 aliphatic carbocycles. The largest absolute Gasteiger partial charge is 0.416 e. The van der Waals surface area contributed by atoms with Crippen LogP contribution in [0, 0.1) is 18.6 Å². The van der Waals surface area contributed by atoms with Crippen molar-refractivity contribution in [3.8, 4) is 33.9 Å². The zero-order valence-corrected chi connectivity index (χ0v) is 26.9. The first kappa shape index (κ1) is 35.6. The lowest BCUT2D eigenvalue weighted by Gasteiger charge is -2.16. The summed E-state index contributed by atoms with van der Waals surface area (Å²) in [6, 6.07) is 22.1. The van der Waals surface area contributed by atoms with Crippen LogP contribution in [0.3, 0.4) is 0 Å². The molecule has 0 fully saturated rings. The van der Waals surface area contributed by atoms with Gasteiger partial charge in [0.25, 0.3) is 0 Å². The minimum atomic E-state index is -4.59. The molecule has 5 rings (SSSR count). The maximum Gasteiger partial charge on any atom is 0.416 e. The fourth-order valence-corrected chi connectivity index (χ4v) is 5.48. The number of nitrogens with zero attached hydrogens (tertiary/aromatic N) is 2. The van der Waals surface area contributed by atoms with Crippen molar-refractivity contribution in [3.05, 3.63) is 125 Å². The number of carbonyl (C=O) groups is 1. The first-order valence-corrected chi connectivity index (χ1v) is 15.8. The Hall–Kier alpha value is -4.71. The summed E-state index contributed by atoms with van der Waals surface area (Å²) in [4.78, 5) is 17.7. The van der Waals surface area contributed by atoms with Gasteiger partial charge in [-0.25, -0.2) is 13.8 Å². The number of hydrogen-bond acceptors (Lipinski definition) is 5. The monoisotopic (exact) mass is 677 g/mol. The second-order valence-electron chi connectivity index (χ2n) is 11.6. The van der Waals surface area contributed by atoms with Crippen molar-refractivity contribution in [2.45, 2.75) is 32.5 Å². The Kier molecular flexibility index (Phi) is 11.7. The molecule has 5 aromatic rings. The number of hydrogen-bond donors (Lipinski definition) is 1.